The number of nitrogens with zero attached hydrogens (tertiary/aromatic N) is 2. The minimum absolute atomic E-state index is 0.223. The molecule has 0 bridgehead atoms. The van der Waals surface area contributed by atoms with Crippen molar-refractivity contribution in [2.75, 3.05) is 25.9 Å². The monoisotopic (exact) mass is 338 g/mol. The highest BCUT2D eigenvalue weighted by Crippen LogP contribution is 2.23. The second kappa shape index (κ2) is 8.35. The predicted octanol–water partition coefficient (Wildman–Crippen LogP) is 3.88. The summed E-state index contributed by atoms with van der Waals surface area (Å²) in [5.41, 5.74) is 3.12. The van der Waals surface area contributed by atoms with Crippen LogP contribution in [0.2, 0.25) is 0 Å². The number of anilines is 1. The third-order valence-electron chi connectivity index (χ3n) is 3.81. The van der Waals surface area contributed by atoms with Gasteiger partial charge in [-0.3, -0.25) is 0 Å². The van der Waals surface area contributed by atoms with E-state index in [1.54, 1.807) is 13.4 Å². The lowest BCUT2D eigenvalue weighted by Crippen LogP contribution is -2.16. The fourth-order valence-electron chi connectivity index (χ4n) is 2.59. The van der Waals surface area contributed by atoms with Crippen molar-refractivity contribution in [1.29, 1.82) is 0 Å². The first-order chi connectivity index (χ1) is 12.3. The minimum Gasteiger partial charge on any atom is -0.467 e. The van der Waals surface area contributed by atoms with Crippen LogP contribution in [0.1, 0.15) is 16.8 Å². The number of methoxy groups -OCH3 is 1. The van der Waals surface area contributed by atoms with Crippen molar-refractivity contribution in [3.63, 3.8) is 0 Å². The van der Waals surface area contributed by atoms with Crippen LogP contribution in [0.5, 0.6) is 5.75 Å². The highest BCUT2D eigenvalue weighted by atomic mass is 16.7. The molecule has 0 aliphatic rings. The van der Waals surface area contributed by atoms with Crippen LogP contribution in [0.15, 0.2) is 65.3 Å². The smallest absolute Gasteiger partial charge is 0.297 e. The van der Waals surface area contributed by atoms with Gasteiger partial charge in [-0.15, -0.1) is 0 Å². The zero-order valence-electron chi connectivity index (χ0n) is 14.5. The van der Waals surface area contributed by atoms with Crippen LogP contribution in [-0.2, 0) is 17.7 Å². The van der Waals surface area contributed by atoms with E-state index in [9.17, 15) is 0 Å². The topological polar surface area (TPSA) is 47.7 Å². The van der Waals surface area contributed by atoms with Crippen molar-refractivity contribution in [2.24, 2.45) is 0 Å². The number of hydrogen-bond acceptors (Lipinski definition) is 5. The largest absolute Gasteiger partial charge is 0.467 e. The van der Waals surface area contributed by atoms with Gasteiger partial charge in [0.25, 0.3) is 6.01 Å². The molecular formula is C20H22N2O3. The zero-order valence-corrected chi connectivity index (χ0v) is 14.5. The number of ether oxygens (including phenoxy) is 2. The maximum absolute atomic E-state index is 5.64. The van der Waals surface area contributed by atoms with Crippen LogP contribution in [0.3, 0.4) is 0 Å². The van der Waals surface area contributed by atoms with E-state index >= 15 is 0 Å². The molecule has 130 valence electrons. The molecule has 1 aromatic heterocycles. The number of benzene rings is 2. The van der Waals surface area contributed by atoms with E-state index in [1.807, 2.05) is 54.4 Å². The molecule has 3 aromatic rings. The van der Waals surface area contributed by atoms with E-state index in [0.29, 0.717) is 12.4 Å². The maximum Gasteiger partial charge on any atom is 0.297 e. The Kier molecular flexibility index (Phi) is 5.69. The highest BCUT2D eigenvalue weighted by molar-refractivity contribution is 5.37. The van der Waals surface area contributed by atoms with Gasteiger partial charge in [-0.1, -0.05) is 48.5 Å². The quantitative estimate of drug-likeness (QED) is 0.583. The van der Waals surface area contributed by atoms with Crippen LogP contribution in [-0.4, -0.2) is 25.9 Å². The zero-order chi connectivity index (χ0) is 17.5. The van der Waals surface area contributed by atoms with Crippen molar-refractivity contribution >= 4 is 6.01 Å². The van der Waals surface area contributed by atoms with Crippen molar-refractivity contribution in [3.05, 3.63) is 77.7 Å². The molecule has 0 unspecified atom stereocenters. The molecule has 1 heterocycles. The Morgan fingerprint density at radius 1 is 1.04 bits per heavy atom. The van der Waals surface area contributed by atoms with Crippen LogP contribution >= 0.6 is 0 Å². The first kappa shape index (κ1) is 17.0. The lowest BCUT2D eigenvalue weighted by atomic mass is 10.1. The maximum atomic E-state index is 5.64. The van der Waals surface area contributed by atoms with Gasteiger partial charge in [0.05, 0.1) is 5.69 Å². The summed E-state index contributed by atoms with van der Waals surface area (Å²) in [6, 6.07) is 18.7. The average molecular weight is 338 g/mol. The van der Waals surface area contributed by atoms with Gasteiger partial charge in [-0.25, -0.2) is 0 Å². The molecule has 0 N–H and O–H groups in total. The molecule has 0 radical (unpaired) electrons. The molecule has 0 aliphatic carbocycles. The van der Waals surface area contributed by atoms with Crippen LogP contribution < -0.4 is 9.64 Å². The Morgan fingerprint density at radius 2 is 1.80 bits per heavy atom. The van der Waals surface area contributed by atoms with Crippen molar-refractivity contribution in [3.8, 4) is 5.75 Å². The fourth-order valence-corrected chi connectivity index (χ4v) is 2.59. The van der Waals surface area contributed by atoms with Crippen molar-refractivity contribution in [2.45, 2.75) is 13.0 Å². The van der Waals surface area contributed by atoms with Crippen LogP contribution in [0, 0.1) is 0 Å². The Morgan fingerprint density at radius 3 is 2.60 bits per heavy atom. The molecule has 2 aromatic carbocycles. The van der Waals surface area contributed by atoms with Gasteiger partial charge in [0.1, 0.15) is 12.0 Å². The van der Waals surface area contributed by atoms with Gasteiger partial charge in [0.15, 0.2) is 6.79 Å². The number of para-hydroxylation sites is 1. The summed E-state index contributed by atoms with van der Waals surface area (Å²) in [7, 11) is 3.58. The summed E-state index contributed by atoms with van der Waals surface area (Å²) >= 11 is 0. The minimum atomic E-state index is 0.223. The molecule has 0 fully saturated rings. The molecule has 0 amide bonds. The van der Waals surface area contributed by atoms with E-state index in [1.165, 1.54) is 5.56 Å². The second-order valence-electron chi connectivity index (χ2n) is 5.80. The summed E-state index contributed by atoms with van der Waals surface area (Å²) < 4.78 is 16.2. The summed E-state index contributed by atoms with van der Waals surface area (Å²) in [6.07, 6.45) is 2.34. The summed E-state index contributed by atoms with van der Waals surface area (Å²) in [4.78, 5) is 6.59. The molecule has 25 heavy (non-hydrogen) atoms. The van der Waals surface area contributed by atoms with E-state index in [2.05, 4.69) is 17.1 Å². The van der Waals surface area contributed by atoms with Crippen LogP contribution in [0.25, 0.3) is 0 Å². The SMILES string of the molecule is COCOc1ccccc1Cc1coc(N(C)Cc2ccccc2)n1. The van der Waals surface area contributed by atoms with Crippen LogP contribution in [0.4, 0.5) is 6.01 Å². The van der Waals surface area contributed by atoms with Gasteiger partial charge in [-0.05, 0) is 11.6 Å². The molecule has 3 rings (SSSR count). The third kappa shape index (κ3) is 4.61. The second-order valence-corrected chi connectivity index (χ2v) is 5.80. The average Bonchev–Trinajstić information content (AvgIpc) is 3.10. The third-order valence-corrected chi connectivity index (χ3v) is 3.81. The Hall–Kier alpha value is -2.79. The lowest BCUT2D eigenvalue weighted by molar-refractivity contribution is 0.0505. The van der Waals surface area contributed by atoms with Gasteiger partial charge < -0.3 is 18.8 Å². The molecule has 0 saturated heterocycles. The Labute approximate surface area is 147 Å². The van der Waals surface area contributed by atoms with E-state index < -0.39 is 0 Å². The lowest BCUT2D eigenvalue weighted by Gasteiger charge is -2.14. The summed E-state index contributed by atoms with van der Waals surface area (Å²) in [5, 5.41) is 0. The fraction of sp³-hybridized carbons (Fsp3) is 0.250. The van der Waals surface area contributed by atoms with Gasteiger partial charge in [-0.2, -0.15) is 4.98 Å². The molecule has 5 heteroatoms. The molecule has 0 saturated carbocycles. The number of hydrogen-bond donors (Lipinski definition) is 0. The first-order valence-corrected chi connectivity index (χ1v) is 8.15. The first-order valence-electron chi connectivity index (χ1n) is 8.15. The highest BCUT2D eigenvalue weighted by Gasteiger charge is 2.12. The van der Waals surface area contributed by atoms with E-state index in [-0.39, 0.29) is 6.79 Å². The Balaban J connectivity index is 1.68. The number of rotatable bonds is 8. The van der Waals surface area contributed by atoms with E-state index in [4.69, 9.17) is 13.9 Å². The normalized spacial score (nSPS) is 10.6. The summed E-state index contributed by atoms with van der Waals surface area (Å²) in [5.74, 6) is 0.798. The van der Waals surface area contributed by atoms with Gasteiger partial charge in [0.2, 0.25) is 0 Å². The molecule has 0 atom stereocenters. The van der Waals surface area contributed by atoms with Gasteiger partial charge in [0, 0.05) is 32.7 Å². The Bertz CT molecular complexity index is 786. The molecule has 0 spiro atoms. The number of oxazole rings is 1. The van der Waals surface area contributed by atoms with Crippen molar-refractivity contribution in [1.82, 2.24) is 4.98 Å². The summed E-state index contributed by atoms with van der Waals surface area (Å²) in [6.45, 7) is 0.967. The van der Waals surface area contributed by atoms with Crippen molar-refractivity contribution < 1.29 is 13.9 Å². The number of aromatic nitrogens is 1. The molecular weight excluding hydrogens is 316 g/mol. The van der Waals surface area contributed by atoms with E-state index in [0.717, 1.165) is 23.6 Å². The molecule has 5 nitrogen and oxygen atoms in total. The standard InChI is InChI=1S/C20H22N2O3/c1-22(13-16-8-4-3-5-9-16)20-21-18(14-24-20)12-17-10-6-7-11-19(17)25-15-23-2/h3-11,14H,12-13,15H2,1-2H3. The molecule has 0 aliphatic heterocycles. The predicted molar refractivity (Wildman–Crippen MR) is 96.8 cm³/mol. The van der Waals surface area contributed by atoms with Gasteiger partial charge >= 0.3 is 0 Å².